The van der Waals surface area contributed by atoms with Gasteiger partial charge >= 0.3 is 0 Å². The summed E-state index contributed by atoms with van der Waals surface area (Å²) in [5, 5.41) is 2.06. The number of amides is 1. The molecule has 1 amide bonds. The molecule has 0 N–H and O–H groups in total. The first kappa shape index (κ1) is 15.9. The highest BCUT2D eigenvalue weighted by atomic mass is 32.1. The van der Waals surface area contributed by atoms with Gasteiger partial charge < -0.3 is 9.64 Å². The zero-order valence-corrected chi connectivity index (χ0v) is 13.8. The van der Waals surface area contributed by atoms with Crippen molar-refractivity contribution in [3.63, 3.8) is 0 Å². The SMILES string of the molecule is Cc1ccsc1CCC(=O)N1CCC(Oc2cccc(F)n2)C1. The minimum Gasteiger partial charge on any atom is -0.472 e. The molecule has 0 spiro atoms. The van der Waals surface area contributed by atoms with Crippen LogP contribution in [0.15, 0.2) is 29.6 Å². The Hall–Kier alpha value is -1.95. The molecule has 0 aliphatic carbocycles. The molecule has 4 nitrogen and oxygen atoms in total. The van der Waals surface area contributed by atoms with Gasteiger partial charge in [0.1, 0.15) is 6.10 Å². The van der Waals surface area contributed by atoms with Crippen LogP contribution in [0.3, 0.4) is 0 Å². The fourth-order valence-corrected chi connectivity index (χ4v) is 3.63. The van der Waals surface area contributed by atoms with Gasteiger partial charge in [-0.2, -0.15) is 9.37 Å². The second kappa shape index (κ2) is 7.08. The molecule has 0 radical (unpaired) electrons. The van der Waals surface area contributed by atoms with Gasteiger partial charge in [0.25, 0.3) is 0 Å². The number of ether oxygens (including phenoxy) is 1. The number of pyridine rings is 1. The molecule has 2 aromatic rings. The van der Waals surface area contributed by atoms with Crippen LogP contribution in [0.25, 0.3) is 0 Å². The molecular weight excluding hydrogens is 315 g/mol. The van der Waals surface area contributed by atoms with E-state index in [1.54, 1.807) is 23.5 Å². The largest absolute Gasteiger partial charge is 0.472 e. The van der Waals surface area contributed by atoms with Crippen molar-refractivity contribution in [3.8, 4) is 5.88 Å². The average Bonchev–Trinajstić information content (AvgIpc) is 3.14. The van der Waals surface area contributed by atoms with E-state index in [0.29, 0.717) is 19.5 Å². The van der Waals surface area contributed by atoms with Crippen molar-refractivity contribution in [2.24, 2.45) is 0 Å². The van der Waals surface area contributed by atoms with Gasteiger partial charge in [0.15, 0.2) is 0 Å². The Balaban J connectivity index is 1.49. The summed E-state index contributed by atoms with van der Waals surface area (Å²) in [5.41, 5.74) is 1.25. The molecule has 0 bridgehead atoms. The third-order valence-corrected chi connectivity index (χ3v) is 5.09. The Labute approximate surface area is 138 Å². The van der Waals surface area contributed by atoms with Gasteiger partial charge in [-0.25, -0.2) is 0 Å². The van der Waals surface area contributed by atoms with E-state index in [9.17, 15) is 9.18 Å². The van der Waals surface area contributed by atoms with E-state index in [2.05, 4.69) is 23.4 Å². The van der Waals surface area contributed by atoms with Crippen LogP contribution in [-0.4, -0.2) is 35.0 Å². The zero-order valence-electron chi connectivity index (χ0n) is 13.0. The van der Waals surface area contributed by atoms with Crippen LogP contribution < -0.4 is 4.74 Å². The Morgan fingerprint density at radius 1 is 1.48 bits per heavy atom. The summed E-state index contributed by atoms with van der Waals surface area (Å²) in [4.78, 5) is 19.1. The number of aromatic nitrogens is 1. The molecule has 1 aliphatic heterocycles. The number of aryl methyl sites for hydroxylation is 2. The van der Waals surface area contributed by atoms with Crippen LogP contribution in [0.4, 0.5) is 4.39 Å². The minimum absolute atomic E-state index is 0.114. The summed E-state index contributed by atoms with van der Waals surface area (Å²) in [6.45, 7) is 3.30. The minimum atomic E-state index is -0.556. The zero-order chi connectivity index (χ0) is 16.2. The fourth-order valence-electron chi connectivity index (χ4n) is 2.72. The van der Waals surface area contributed by atoms with E-state index in [4.69, 9.17) is 4.74 Å². The number of thiophene rings is 1. The third-order valence-electron chi connectivity index (χ3n) is 4.01. The molecule has 1 unspecified atom stereocenters. The summed E-state index contributed by atoms with van der Waals surface area (Å²) in [6, 6.07) is 6.56. The predicted molar refractivity (Wildman–Crippen MR) is 87.2 cm³/mol. The second-order valence-electron chi connectivity index (χ2n) is 5.69. The number of rotatable bonds is 5. The maximum absolute atomic E-state index is 13.1. The van der Waals surface area contributed by atoms with Gasteiger partial charge in [-0.3, -0.25) is 4.79 Å². The number of halogens is 1. The molecule has 1 aliphatic rings. The van der Waals surface area contributed by atoms with E-state index in [-0.39, 0.29) is 17.9 Å². The highest BCUT2D eigenvalue weighted by Crippen LogP contribution is 2.20. The Kier molecular flexibility index (Phi) is 4.91. The molecule has 1 atom stereocenters. The molecule has 122 valence electrons. The lowest BCUT2D eigenvalue weighted by Crippen LogP contribution is -2.31. The van der Waals surface area contributed by atoms with Gasteiger partial charge in [-0.15, -0.1) is 11.3 Å². The monoisotopic (exact) mass is 334 g/mol. The maximum atomic E-state index is 13.1. The number of hydrogen-bond donors (Lipinski definition) is 0. The molecule has 2 aromatic heterocycles. The molecular formula is C17H19FN2O2S. The number of carbonyl (C=O) groups excluding carboxylic acids is 1. The van der Waals surface area contributed by atoms with Crippen molar-refractivity contribution in [2.45, 2.75) is 32.3 Å². The van der Waals surface area contributed by atoms with Crippen LogP contribution in [-0.2, 0) is 11.2 Å². The number of nitrogens with zero attached hydrogens (tertiary/aromatic N) is 2. The van der Waals surface area contributed by atoms with E-state index in [0.717, 1.165) is 12.8 Å². The standard InChI is InChI=1S/C17H19FN2O2S/c1-12-8-10-23-14(12)5-6-17(21)20-9-7-13(11-20)22-16-4-2-3-15(18)19-16/h2-4,8,10,13H,5-7,9,11H2,1H3. The van der Waals surface area contributed by atoms with Gasteiger partial charge in [0.05, 0.1) is 6.54 Å². The Morgan fingerprint density at radius 2 is 2.35 bits per heavy atom. The first-order valence-electron chi connectivity index (χ1n) is 7.72. The highest BCUT2D eigenvalue weighted by molar-refractivity contribution is 7.10. The highest BCUT2D eigenvalue weighted by Gasteiger charge is 2.27. The summed E-state index contributed by atoms with van der Waals surface area (Å²) in [6.07, 6.45) is 1.95. The first-order chi connectivity index (χ1) is 11.1. The number of likely N-dealkylation sites (tertiary alicyclic amines) is 1. The number of carbonyl (C=O) groups is 1. The maximum Gasteiger partial charge on any atom is 0.223 e. The topological polar surface area (TPSA) is 42.4 Å². The molecule has 0 aromatic carbocycles. The first-order valence-corrected chi connectivity index (χ1v) is 8.60. The fraction of sp³-hybridized carbons (Fsp3) is 0.412. The lowest BCUT2D eigenvalue weighted by molar-refractivity contribution is -0.130. The lowest BCUT2D eigenvalue weighted by atomic mass is 10.2. The van der Waals surface area contributed by atoms with E-state index >= 15 is 0 Å². The van der Waals surface area contributed by atoms with E-state index < -0.39 is 5.95 Å². The van der Waals surface area contributed by atoms with Crippen molar-refractivity contribution in [1.29, 1.82) is 0 Å². The molecule has 1 fully saturated rings. The Bertz CT molecular complexity index is 689. The quantitative estimate of drug-likeness (QED) is 0.789. The van der Waals surface area contributed by atoms with Crippen LogP contribution in [0, 0.1) is 12.9 Å². The molecule has 0 saturated carbocycles. The van der Waals surface area contributed by atoms with Crippen LogP contribution in [0.1, 0.15) is 23.3 Å². The van der Waals surface area contributed by atoms with Crippen molar-refractivity contribution in [1.82, 2.24) is 9.88 Å². The summed E-state index contributed by atoms with van der Waals surface area (Å²) >= 11 is 1.70. The van der Waals surface area contributed by atoms with Crippen molar-refractivity contribution < 1.29 is 13.9 Å². The molecule has 6 heteroatoms. The van der Waals surface area contributed by atoms with Gasteiger partial charge in [0, 0.05) is 30.3 Å². The van der Waals surface area contributed by atoms with Crippen molar-refractivity contribution >= 4 is 17.2 Å². The van der Waals surface area contributed by atoms with E-state index in [1.165, 1.54) is 16.5 Å². The molecule has 23 heavy (non-hydrogen) atoms. The normalized spacial score (nSPS) is 17.5. The second-order valence-corrected chi connectivity index (χ2v) is 6.69. The molecule has 3 heterocycles. The Morgan fingerprint density at radius 3 is 3.09 bits per heavy atom. The van der Waals surface area contributed by atoms with Gasteiger partial charge in [0.2, 0.25) is 17.7 Å². The van der Waals surface area contributed by atoms with Crippen LogP contribution in [0.2, 0.25) is 0 Å². The smallest absolute Gasteiger partial charge is 0.223 e. The average molecular weight is 334 g/mol. The lowest BCUT2D eigenvalue weighted by Gasteiger charge is -2.17. The molecule has 1 saturated heterocycles. The predicted octanol–water partition coefficient (Wildman–Crippen LogP) is 3.20. The van der Waals surface area contributed by atoms with Gasteiger partial charge in [-0.05, 0) is 36.4 Å². The summed E-state index contributed by atoms with van der Waals surface area (Å²) in [7, 11) is 0. The van der Waals surface area contributed by atoms with Crippen molar-refractivity contribution in [3.05, 3.63) is 46.0 Å². The van der Waals surface area contributed by atoms with E-state index in [1.807, 2.05) is 4.90 Å². The summed E-state index contributed by atoms with van der Waals surface area (Å²) < 4.78 is 18.7. The number of hydrogen-bond acceptors (Lipinski definition) is 4. The van der Waals surface area contributed by atoms with Crippen molar-refractivity contribution in [2.75, 3.05) is 13.1 Å². The molecule has 3 rings (SSSR count). The van der Waals surface area contributed by atoms with Crippen LogP contribution in [0.5, 0.6) is 5.88 Å². The summed E-state index contributed by atoms with van der Waals surface area (Å²) in [5.74, 6) is -0.130. The van der Waals surface area contributed by atoms with Crippen LogP contribution >= 0.6 is 11.3 Å². The third kappa shape index (κ3) is 4.07. The van der Waals surface area contributed by atoms with Gasteiger partial charge in [-0.1, -0.05) is 6.07 Å².